The fourth-order valence-corrected chi connectivity index (χ4v) is 2.83. The number of hydrogen-bond acceptors (Lipinski definition) is 4. The second-order valence-electron chi connectivity index (χ2n) is 6.46. The van der Waals surface area contributed by atoms with E-state index in [9.17, 15) is 0 Å². The molecule has 0 spiro atoms. The SMILES string of the molecule is CCNC(=NCCCOc1ccccc1C)NCCCN1CCOCC1. The molecule has 0 unspecified atom stereocenters. The van der Waals surface area contributed by atoms with Gasteiger partial charge in [-0.1, -0.05) is 18.2 Å². The maximum atomic E-state index is 5.82. The zero-order valence-corrected chi connectivity index (χ0v) is 16.3. The Labute approximate surface area is 158 Å². The van der Waals surface area contributed by atoms with Crippen molar-refractivity contribution in [2.24, 2.45) is 4.99 Å². The van der Waals surface area contributed by atoms with Crippen LogP contribution in [0.3, 0.4) is 0 Å². The Hall–Kier alpha value is -1.79. The average Bonchev–Trinajstić information content (AvgIpc) is 2.67. The monoisotopic (exact) mass is 362 g/mol. The summed E-state index contributed by atoms with van der Waals surface area (Å²) in [5.74, 6) is 1.86. The molecule has 0 aliphatic carbocycles. The lowest BCUT2D eigenvalue weighted by Crippen LogP contribution is -2.40. The first-order valence-corrected chi connectivity index (χ1v) is 9.80. The second-order valence-corrected chi connectivity index (χ2v) is 6.46. The van der Waals surface area contributed by atoms with Crippen molar-refractivity contribution in [2.45, 2.75) is 26.7 Å². The molecule has 0 amide bonds. The molecule has 6 nitrogen and oxygen atoms in total. The summed E-state index contributed by atoms with van der Waals surface area (Å²) in [6, 6.07) is 8.11. The van der Waals surface area contributed by atoms with Gasteiger partial charge in [-0.05, 0) is 38.4 Å². The molecule has 1 aliphatic rings. The fourth-order valence-electron chi connectivity index (χ4n) is 2.83. The van der Waals surface area contributed by atoms with Crippen molar-refractivity contribution >= 4 is 5.96 Å². The minimum Gasteiger partial charge on any atom is -0.493 e. The van der Waals surface area contributed by atoms with E-state index in [4.69, 9.17) is 9.47 Å². The molecule has 0 saturated carbocycles. The molecule has 6 heteroatoms. The van der Waals surface area contributed by atoms with E-state index in [-0.39, 0.29) is 0 Å². The van der Waals surface area contributed by atoms with Crippen LogP contribution >= 0.6 is 0 Å². The van der Waals surface area contributed by atoms with Crippen LogP contribution in [0.5, 0.6) is 5.75 Å². The topological polar surface area (TPSA) is 58.1 Å². The van der Waals surface area contributed by atoms with Gasteiger partial charge in [-0.15, -0.1) is 0 Å². The molecule has 1 aromatic rings. The molecule has 0 aromatic heterocycles. The van der Waals surface area contributed by atoms with Gasteiger partial charge in [-0.3, -0.25) is 9.89 Å². The maximum absolute atomic E-state index is 5.82. The molecular formula is C20H34N4O2. The number of nitrogens with one attached hydrogen (secondary N) is 2. The number of hydrogen-bond donors (Lipinski definition) is 2. The molecule has 26 heavy (non-hydrogen) atoms. The van der Waals surface area contributed by atoms with Crippen LogP contribution in [0.4, 0.5) is 0 Å². The van der Waals surface area contributed by atoms with Gasteiger partial charge in [0.25, 0.3) is 0 Å². The Morgan fingerprint density at radius 1 is 1.19 bits per heavy atom. The van der Waals surface area contributed by atoms with Gasteiger partial charge in [0.15, 0.2) is 5.96 Å². The van der Waals surface area contributed by atoms with Crippen LogP contribution in [0.2, 0.25) is 0 Å². The average molecular weight is 363 g/mol. The first-order valence-electron chi connectivity index (χ1n) is 9.80. The number of rotatable bonds is 10. The van der Waals surface area contributed by atoms with Gasteiger partial charge in [-0.2, -0.15) is 0 Å². The third kappa shape index (κ3) is 8.06. The summed E-state index contributed by atoms with van der Waals surface area (Å²) in [5.41, 5.74) is 1.17. The van der Waals surface area contributed by atoms with Gasteiger partial charge in [-0.25, -0.2) is 0 Å². The molecule has 1 saturated heterocycles. The van der Waals surface area contributed by atoms with Gasteiger partial charge >= 0.3 is 0 Å². The van der Waals surface area contributed by atoms with E-state index in [1.54, 1.807) is 0 Å². The normalized spacial score (nSPS) is 15.7. The molecule has 1 aromatic carbocycles. The van der Waals surface area contributed by atoms with Crippen molar-refractivity contribution in [3.63, 3.8) is 0 Å². The summed E-state index contributed by atoms with van der Waals surface area (Å²) < 4.78 is 11.2. The molecule has 1 aliphatic heterocycles. The van der Waals surface area contributed by atoms with E-state index in [0.29, 0.717) is 6.61 Å². The third-order valence-corrected chi connectivity index (χ3v) is 4.32. The number of ether oxygens (including phenoxy) is 2. The number of para-hydroxylation sites is 1. The van der Waals surface area contributed by atoms with E-state index in [1.165, 1.54) is 5.56 Å². The molecule has 2 rings (SSSR count). The van der Waals surface area contributed by atoms with Crippen molar-refractivity contribution in [3.8, 4) is 5.75 Å². The Balaban J connectivity index is 1.60. The number of aliphatic imine (C=N–C) groups is 1. The van der Waals surface area contributed by atoms with Crippen molar-refractivity contribution in [1.29, 1.82) is 0 Å². The Morgan fingerprint density at radius 3 is 2.77 bits per heavy atom. The van der Waals surface area contributed by atoms with Crippen LogP contribution in [0, 0.1) is 6.92 Å². The number of benzene rings is 1. The zero-order chi connectivity index (χ0) is 18.5. The minimum atomic E-state index is 0.685. The zero-order valence-electron chi connectivity index (χ0n) is 16.3. The Bertz CT molecular complexity index is 530. The van der Waals surface area contributed by atoms with Crippen LogP contribution in [0.25, 0.3) is 0 Å². The molecule has 1 heterocycles. The van der Waals surface area contributed by atoms with Crippen LogP contribution in [0.15, 0.2) is 29.3 Å². The Kier molecular flexibility index (Phi) is 9.90. The standard InChI is InChI=1S/C20H34N4O2/c1-3-21-20(22-10-6-12-24-13-16-25-17-14-24)23-11-7-15-26-19-9-5-4-8-18(19)2/h4-5,8-9H,3,6-7,10-17H2,1-2H3,(H2,21,22,23). The van der Waals surface area contributed by atoms with E-state index in [0.717, 1.165) is 77.0 Å². The fraction of sp³-hybridized carbons (Fsp3) is 0.650. The van der Waals surface area contributed by atoms with E-state index >= 15 is 0 Å². The van der Waals surface area contributed by atoms with Gasteiger partial charge in [0, 0.05) is 39.1 Å². The van der Waals surface area contributed by atoms with Crippen LogP contribution in [-0.2, 0) is 4.74 Å². The van der Waals surface area contributed by atoms with Gasteiger partial charge in [0.1, 0.15) is 5.75 Å². The summed E-state index contributed by atoms with van der Waals surface area (Å²) in [4.78, 5) is 7.09. The van der Waals surface area contributed by atoms with Crippen molar-refractivity contribution in [3.05, 3.63) is 29.8 Å². The second kappa shape index (κ2) is 12.5. The highest BCUT2D eigenvalue weighted by Crippen LogP contribution is 2.16. The summed E-state index contributed by atoms with van der Waals surface area (Å²) in [7, 11) is 0. The van der Waals surface area contributed by atoms with E-state index in [1.807, 2.05) is 18.2 Å². The summed E-state index contributed by atoms with van der Waals surface area (Å²) in [5, 5.41) is 6.72. The highest BCUT2D eigenvalue weighted by Gasteiger charge is 2.09. The molecule has 146 valence electrons. The molecule has 0 atom stereocenters. The van der Waals surface area contributed by atoms with Crippen molar-refractivity contribution in [1.82, 2.24) is 15.5 Å². The number of aryl methyl sites for hydroxylation is 1. The molecule has 2 N–H and O–H groups in total. The van der Waals surface area contributed by atoms with Crippen LogP contribution in [0.1, 0.15) is 25.3 Å². The molecule has 0 bridgehead atoms. The quantitative estimate of drug-likeness (QED) is 0.379. The van der Waals surface area contributed by atoms with Crippen LogP contribution in [-0.4, -0.2) is 69.9 Å². The predicted molar refractivity (Wildman–Crippen MR) is 107 cm³/mol. The molecular weight excluding hydrogens is 328 g/mol. The highest BCUT2D eigenvalue weighted by molar-refractivity contribution is 5.79. The first-order chi connectivity index (χ1) is 12.8. The van der Waals surface area contributed by atoms with E-state index < -0.39 is 0 Å². The lowest BCUT2D eigenvalue weighted by Gasteiger charge is -2.26. The first kappa shape index (κ1) is 20.5. The largest absolute Gasteiger partial charge is 0.493 e. The smallest absolute Gasteiger partial charge is 0.191 e. The summed E-state index contributed by atoms with van der Waals surface area (Å²) in [6.45, 7) is 12.3. The lowest BCUT2D eigenvalue weighted by atomic mass is 10.2. The number of guanidine groups is 1. The number of morpholine rings is 1. The van der Waals surface area contributed by atoms with Gasteiger partial charge < -0.3 is 20.1 Å². The maximum Gasteiger partial charge on any atom is 0.191 e. The van der Waals surface area contributed by atoms with Crippen molar-refractivity contribution in [2.75, 3.05) is 59.1 Å². The third-order valence-electron chi connectivity index (χ3n) is 4.32. The minimum absolute atomic E-state index is 0.685. The molecule has 0 radical (unpaired) electrons. The Morgan fingerprint density at radius 2 is 2.00 bits per heavy atom. The van der Waals surface area contributed by atoms with Gasteiger partial charge in [0.05, 0.1) is 19.8 Å². The van der Waals surface area contributed by atoms with E-state index in [2.05, 4.69) is 40.4 Å². The molecule has 1 fully saturated rings. The number of nitrogens with zero attached hydrogens (tertiary/aromatic N) is 2. The van der Waals surface area contributed by atoms with Gasteiger partial charge in [0.2, 0.25) is 0 Å². The predicted octanol–water partition coefficient (Wildman–Crippen LogP) is 2.04. The summed E-state index contributed by atoms with van der Waals surface area (Å²) >= 11 is 0. The summed E-state index contributed by atoms with van der Waals surface area (Å²) in [6.07, 6.45) is 2.01. The highest BCUT2D eigenvalue weighted by atomic mass is 16.5. The lowest BCUT2D eigenvalue weighted by molar-refractivity contribution is 0.0376. The van der Waals surface area contributed by atoms with Crippen molar-refractivity contribution < 1.29 is 9.47 Å². The van der Waals surface area contributed by atoms with Crippen LogP contribution < -0.4 is 15.4 Å².